The van der Waals surface area contributed by atoms with Crippen LogP contribution in [0.4, 0.5) is 0 Å². The van der Waals surface area contributed by atoms with Gasteiger partial charge >= 0.3 is 0 Å². The summed E-state index contributed by atoms with van der Waals surface area (Å²) in [5.41, 5.74) is 0. The molecule has 9 heteroatoms. The fourth-order valence-electron chi connectivity index (χ4n) is 2.23. The van der Waals surface area contributed by atoms with Gasteiger partial charge in [0, 0.05) is 27.3 Å². The first-order valence-electron chi connectivity index (χ1n) is 3.79. The molecular weight excluding hydrogens is 655 g/mol. The Hall–Kier alpha value is 2.68. The first-order chi connectivity index (χ1) is 4.90. The van der Waals surface area contributed by atoms with Crippen molar-refractivity contribution in [2.45, 2.75) is 0 Å². The van der Waals surface area contributed by atoms with Gasteiger partial charge in [0.25, 0.3) is 0 Å². The zero-order valence-corrected chi connectivity index (χ0v) is 18.3. The van der Waals surface area contributed by atoms with Gasteiger partial charge in [-0.3, -0.25) is 19.6 Å². The second kappa shape index (κ2) is 9.59. The molecule has 0 spiro atoms. The van der Waals surface area contributed by atoms with Gasteiger partial charge in [-0.2, -0.15) is 0 Å². The predicted molar refractivity (Wildman–Crippen MR) is 42.3 cm³/mol. The van der Waals surface area contributed by atoms with Gasteiger partial charge in [0.05, 0.1) is 40.0 Å². The maximum Gasteiger partial charge on any atom is 0.0555 e. The van der Waals surface area contributed by atoms with E-state index in [1.807, 2.05) is 0 Å². The van der Waals surface area contributed by atoms with Crippen LogP contribution in [0.3, 0.4) is 0 Å². The molecule has 0 aliphatic carbocycles. The predicted octanol–water partition coefficient (Wildman–Crippen LogP) is -13.4. The Morgan fingerprint density at radius 2 is 0.533 bits per heavy atom. The minimum atomic E-state index is 0. The first-order valence-corrected chi connectivity index (χ1v) is 3.79. The molecule has 0 N–H and O–H groups in total. The van der Waals surface area contributed by atoms with Crippen LogP contribution in [0.25, 0.3) is 0 Å². The Morgan fingerprint density at radius 3 is 0.667 bits per heavy atom. The van der Waals surface area contributed by atoms with Gasteiger partial charge in [0.15, 0.2) is 0 Å². The number of hydrogen-bond acceptors (Lipinski definition) is 4. The van der Waals surface area contributed by atoms with Gasteiger partial charge in [-0.25, -0.2) is 0 Å². The molecule has 4 saturated heterocycles. The zero-order chi connectivity index (χ0) is 6.55. The summed E-state index contributed by atoms with van der Waals surface area (Å²) < 4.78 is 0. The van der Waals surface area contributed by atoms with E-state index < -0.39 is 0 Å². The van der Waals surface area contributed by atoms with E-state index >= 15 is 0 Å². The van der Waals surface area contributed by atoms with Crippen LogP contribution in [-0.2, 0) is 0 Å². The molecule has 4 rings (SSSR count). The van der Waals surface area contributed by atoms with Crippen molar-refractivity contribution >= 4 is 27.3 Å². The Morgan fingerprint density at radius 1 is 0.400 bits per heavy atom. The van der Waals surface area contributed by atoms with E-state index in [0.29, 0.717) is 0 Å². The van der Waals surface area contributed by atoms with Gasteiger partial charge in [-0.05, 0) is 0 Å². The molecule has 0 aromatic rings. The van der Waals surface area contributed by atoms with Gasteiger partial charge < -0.3 is 67.9 Å². The zero-order valence-electron chi connectivity index (χ0n) is 8.04. The van der Waals surface area contributed by atoms with Crippen molar-refractivity contribution in [1.82, 2.24) is 19.6 Å². The van der Waals surface area contributed by atoms with Crippen molar-refractivity contribution in [2.75, 3.05) is 40.0 Å². The molecule has 92 valence electrons. The Kier molecular flexibility index (Phi) is 14.6. The maximum absolute atomic E-state index is 2.47. The molecule has 0 unspecified atom stereocenters. The SMILES string of the molecule is C1N2CN3CN1CN(C2)C3.[Br-].[Br-].[Br-].[Br-].[Pb]. The molecule has 4 bridgehead atoms. The van der Waals surface area contributed by atoms with E-state index in [-0.39, 0.29) is 95.2 Å². The van der Waals surface area contributed by atoms with Crippen LogP contribution in [0.1, 0.15) is 0 Å². The molecule has 0 atom stereocenters. The van der Waals surface area contributed by atoms with Crippen molar-refractivity contribution in [3.63, 3.8) is 0 Å². The first kappa shape index (κ1) is 22.8. The van der Waals surface area contributed by atoms with Crippen LogP contribution in [0, 0.1) is 0 Å². The van der Waals surface area contributed by atoms with Gasteiger partial charge in [-0.15, -0.1) is 0 Å². The Labute approximate surface area is 153 Å². The molecule has 0 amide bonds. The molecule has 4 fully saturated rings. The summed E-state index contributed by atoms with van der Waals surface area (Å²) in [5, 5.41) is 0. The molecule has 0 aromatic carbocycles. The fraction of sp³-hybridized carbons (Fsp3) is 1.00. The normalized spacial score (nSPS) is 38.4. The summed E-state index contributed by atoms with van der Waals surface area (Å²) in [6, 6.07) is 0. The van der Waals surface area contributed by atoms with Gasteiger partial charge in [-0.1, -0.05) is 0 Å². The monoisotopic (exact) mass is 664 g/mol. The average molecular weight is 667 g/mol. The second-order valence-corrected chi connectivity index (χ2v) is 3.53. The third-order valence-electron chi connectivity index (χ3n) is 2.40. The summed E-state index contributed by atoms with van der Waals surface area (Å²) in [6.45, 7) is 7.12. The quantitative estimate of drug-likeness (QED) is 0.239. The smallest absolute Gasteiger partial charge is 0.0555 e. The largest absolute Gasteiger partial charge is 1.00 e. The van der Waals surface area contributed by atoms with Gasteiger partial charge in [0.1, 0.15) is 0 Å². The Bertz CT molecular complexity index is 119. The van der Waals surface area contributed by atoms with E-state index in [1.165, 1.54) is 40.0 Å². The summed E-state index contributed by atoms with van der Waals surface area (Å²) in [7, 11) is 0. The molecule has 4 aliphatic rings. The van der Waals surface area contributed by atoms with Crippen LogP contribution in [-0.4, -0.2) is 86.9 Å². The molecule has 15 heavy (non-hydrogen) atoms. The number of halogens is 4. The minimum Gasteiger partial charge on any atom is -1.00 e. The van der Waals surface area contributed by atoms with Crippen LogP contribution in [0.2, 0.25) is 0 Å². The van der Waals surface area contributed by atoms with E-state index in [9.17, 15) is 0 Å². The van der Waals surface area contributed by atoms with E-state index in [0.717, 1.165) is 0 Å². The van der Waals surface area contributed by atoms with Crippen LogP contribution in [0.5, 0.6) is 0 Å². The summed E-state index contributed by atoms with van der Waals surface area (Å²) in [4.78, 5) is 9.88. The molecule has 4 nitrogen and oxygen atoms in total. The maximum atomic E-state index is 2.47. The summed E-state index contributed by atoms with van der Waals surface area (Å²) in [5.74, 6) is 0. The van der Waals surface area contributed by atoms with Crippen LogP contribution < -0.4 is 67.9 Å². The number of rotatable bonds is 0. The average Bonchev–Trinajstić information content (AvgIpc) is 1.82. The molecule has 4 heterocycles. The van der Waals surface area contributed by atoms with Crippen LogP contribution in [0.15, 0.2) is 0 Å². The summed E-state index contributed by atoms with van der Waals surface area (Å²) >= 11 is 0. The van der Waals surface area contributed by atoms with Crippen molar-refractivity contribution < 1.29 is 67.9 Å². The van der Waals surface area contributed by atoms with E-state index in [1.54, 1.807) is 0 Å². The number of nitrogens with zero attached hydrogens (tertiary/aromatic N) is 4. The van der Waals surface area contributed by atoms with Crippen molar-refractivity contribution in [3.8, 4) is 0 Å². The summed E-state index contributed by atoms with van der Waals surface area (Å²) in [6.07, 6.45) is 0. The third kappa shape index (κ3) is 5.05. The Balaban J connectivity index is -0.000000288. The second-order valence-electron chi connectivity index (χ2n) is 3.53. The number of hydrogen-bond donors (Lipinski definition) is 0. The third-order valence-corrected chi connectivity index (χ3v) is 2.40. The van der Waals surface area contributed by atoms with Crippen molar-refractivity contribution in [1.29, 1.82) is 0 Å². The fourth-order valence-corrected chi connectivity index (χ4v) is 2.23. The van der Waals surface area contributed by atoms with E-state index in [4.69, 9.17) is 0 Å². The topological polar surface area (TPSA) is 13.0 Å². The van der Waals surface area contributed by atoms with Crippen LogP contribution >= 0.6 is 0 Å². The minimum absolute atomic E-state index is 0. The molecule has 4 radical (unpaired) electrons. The van der Waals surface area contributed by atoms with Crippen molar-refractivity contribution in [2.24, 2.45) is 0 Å². The molecule has 0 saturated carbocycles. The van der Waals surface area contributed by atoms with Crippen molar-refractivity contribution in [3.05, 3.63) is 0 Å². The molecule has 0 aromatic heterocycles. The van der Waals surface area contributed by atoms with E-state index in [2.05, 4.69) is 19.6 Å². The standard InChI is InChI=1S/C6H12N4.4BrH.Pb/c1-7-2-9-4-8(1)5-10(3-7)6-9;;;;;/h1-6H2;4*1H;/p-4. The molecular formula is C6H12Br4N4Pb-4. The molecule has 4 aliphatic heterocycles. The van der Waals surface area contributed by atoms with Gasteiger partial charge in [0.2, 0.25) is 0 Å².